The Morgan fingerprint density at radius 3 is 1.93 bits per heavy atom. The van der Waals surface area contributed by atoms with E-state index in [0.717, 1.165) is 27.5 Å². The van der Waals surface area contributed by atoms with Crippen molar-refractivity contribution in [3.63, 3.8) is 0 Å². The Hall–Kier alpha value is -0.830. The summed E-state index contributed by atoms with van der Waals surface area (Å²) in [6.07, 6.45) is 14.8. The van der Waals surface area contributed by atoms with E-state index < -0.39 is 0 Å². The van der Waals surface area contributed by atoms with Gasteiger partial charge in [-0.1, -0.05) is 6.42 Å². The molecule has 0 unspecified atom stereocenters. The molecule has 6 nitrogen and oxygen atoms in total. The van der Waals surface area contributed by atoms with Gasteiger partial charge in [0.05, 0.1) is 8.95 Å². The molecule has 160 valence electrons. The number of nitrogens with one attached hydrogen (secondary N) is 1. The lowest BCUT2D eigenvalue weighted by molar-refractivity contribution is 0.425. The van der Waals surface area contributed by atoms with Crippen molar-refractivity contribution < 1.29 is 0 Å². The molecule has 0 aliphatic carbocycles. The van der Waals surface area contributed by atoms with Gasteiger partial charge in [-0.3, -0.25) is 0 Å². The predicted octanol–water partition coefficient (Wildman–Crippen LogP) is 5.66. The Labute approximate surface area is 195 Å². The van der Waals surface area contributed by atoms with Crippen LogP contribution < -0.4 is 10.2 Å². The molecule has 4 rings (SSSR count). The number of anilines is 1. The molecule has 0 bridgehead atoms. The Morgan fingerprint density at radius 2 is 1.48 bits per heavy atom. The minimum Gasteiger partial charge on any atom is -0.338 e. The maximum atomic E-state index is 5.37. The Balaban J connectivity index is 0.000000170. The van der Waals surface area contributed by atoms with E-state index in [2.05, 4.69) is 75.9 Å². The minimum atomic E-state index is 0.271. The second kappa shape index (κ2) is 13.5. The Bertz CT molecular complexity index is 674. The zero-order valence-electron chi connectivity index (χ0n) is 17.0. The van der Waals surface area contributed by atoms with Crippen LogP contribution in [0.4, 0.5) is 5.95 Å². The molecule has 2 aliphatic rings. The summed E-state index contributed by atoms with van der Waals surface area (Å²) < 4.78 is 1.77. The Morgan fingerprint density at radius 1 is 0.897 bits per heavy atom. The highest BCUT2D eigenvalue weighted by Crippen LogP contribution is 2.21. The van der Waals surface area contributed by atoms with Crippen molar-refractivity contribution in [1.29, 1.82) is 0 Å². The fourth-order valence-corrected chi connectivity index (χ4v) is 3.68. The van der Waals surface area contributed by atoms with Gasteiger partial charge in [-0.05, 0) is 96.0 Å². The van der Waals surface area contributed by atoms with Gasteiger partial charge >= 0.3 is 0 Å². The van der Waals surface area contributed by atoms with Crippen LogP contribution in [-0.4, -0.2) is 45.1 Å². The van der Waals surface area contributed by atoms with Crippen molar-refractivity contribution in [1.82, 2.24) is 25.3 Å². The first-order valence-corrected chi connectivity index (χ1v) is 12.0. The van der Waals surface area contributed by atoms with E-state index in [-0.39, 0.29) is 5.28 Å². The quantitative estimate of drug-likeness (QED) is 0.464. The van der Waals surface area contributed by atoms with Gasteiger partial charge in [0.25, 0.3) is 0 Å². The Kier molecular flexibility index (Phi) is 11.4. The highest BCUT2D eigenvalue weighted by molar-refractivity contribution is 9.10. The second-order valence-corrected chi connectivity index (χ2v) is 9.43. The van der Waals surface area contributed by atoms with Crippen LogP contribution in [0.15, 0.2) is 33.7 Å². The highest BCUT2D eigenvalue weighted by atomic mass is 79.9. The van der Waals surface area contributed by atoms with E-state index in [0.29, 0.717) is 6.04 Å². The molecule has 2 atom stereocenters. The summed E-state index contributed by atoms with van der Waals surface area (Å²) in [6.45, 7) is 6.81. The van der Waals surface area contributed by atoms with Crippen LogP contribution in [-0.2, 0) is 0 Å². The van der Waals surface area contributed by atoms with Gasteiger partial charge in [-0.15, -0.1) is 0 Å². The lowest BCUT2D eigenvalue weighted by Gasteiger charge is -2.33. The molecule has 1 N–H and O–H groups in total. The van der Waals surface area contributed by atoms with Crippen molar-refractivity contribution in [3.05, 3.63) is 39.0 Å². The van der Waals surface area contributed by atoms with E-state index in [1.165, 1.54) is 45.1 Å². The molecule has 4 heterocycles. The van der Waals surface area contributed by atoms with Gasteiger partial charge in [-0.2, -0.15) is 0 Å². The molecule has 0 spiro atoms. The first-order chi connectivity index (χ1) is 14.0. The van der Waals surface area contributed by atoms with Crippen LogP contribution in [0.5, 0.6) is 0 Å². The molecule has 2 saturated heterocycles. The number of hydrogen-bond acceptors (Lipinski definition) is 6. The number of nitrogens with zero attached hydrogens (tertiary/aromatic N) is 5. The number of aromatic nitrogens is 4. The first-order valence-electron chi connectivity index (χ1n) is 10.1. The van der Waals surface area contributed by atoms with Crippen molar-refractivity contribution in [2.45, 2.75) is 64.5 Å². The molecule has 29 heavy (non-hydrogen) atoms. The van der Waals surface area contributed by atoms with Crippen molar-refractivity contribution >= 4 is 49.4 Å². The van der Waals surface area contributed by atoms with E-state index in [1.54, 1.807) is 12.4 Å². The third-order valence-electron chi connectivity index (χ3n) is 4.81. The molecule has 0 aromatic carbocycles. The standard InChI is InChI=1S/C10H14BrN3.C6H13N.C4H2BrClN2/c1-8-4-2-3-5-14(8)10-12-6-9(11)7-13-10;1-6-4-2-3-5-7-6;5-3-1-7-4(6)8-2-3/h6-8H,2-5H2,1H3;6-7H,2-5H2,1H3;1-2H/t8-;6-;/m00./s1. The van der Waals surface area contributed by atoms with Gasteiger partial charge in [0.15, 0.2) is 0 Å². The largest absolute Gasteiger partial charge is 0.338 e. The van der Waals surface area contributed by atoms with Crippen LogP contribution in [0.2, 0.25) is 5.28 Å². The summed E-state index contributed by atoms with van der Waals surface area (Å²) in [5, 5.41) is 3.65. The number of rotatable bonds is 1. The van der Waals surface area contributed by atoms with Gasteiger partial charge in [0, 0.05) is 43.4 Å². The third kappa shape index (κ3) is 9.68. The van der Waals surface area contributed by atoms with Crippen molar-refractivity contribution in [2.24, 2.45) is 0 Å². The summed E-state index contributed by atoms with van der Waals surface area (Å²) in [5.41, 5.74) is 0. The maximum absolute atomic E-state index is 5.37. The summed E-state index contributed by atoms with van der Waals surface area (Å²) >= 11 is 11.9. The van der Waals surface area contributed by atoms with Gasteiger partial charge < -0.3 is 10.2 Å². The number of piperidine rings is 2. The molecule has 0 radical (unpaired) electrons. The van der Waals surface area contributed by atoms with Gasteiger partial charge in [0.2, 0.25) is 11.2 Å². The minimum absolute atomic E-state index is 0.271. The van der Waals surface area contributed by atoms with Crippen molar-refractivity contribution in [3.8, 4) is 0 Å². The lowest BCUT2D eigenvalue weighted by atomic mass is 10.0. The summed E-state index contributed by atoms with van der Waals surface area (Å²) in [5.74, 6) is 0.861. The van der Waals surface area contributed by atoms with Crippen LogP contribution in [0.1, 0.15) is 52.4 Å². The van der Waals surface area contributed by atoms with Gasteiger partial charge in [0.1, 0.15) is 0 Å². The maximum Gasteiger partial charge on any atom is 0.225 e. The average molecular weight is 549 g/mol. The summed E-state index contributed by atoms with van der Waals surface area (Å²) in [4.78, 5) is 18.3. The molecule has 9 heteroatoms. The topological polar surface area (TPSA) is 66.8 Å². The normalized spacial score (nSPS) is 21.3. The second-order valence-electron chi connectivity index (χ2n) is 7.26. The van der Waals surface area contributed by atoms with Crippen LogP contribution in [0.3, 0.4) is 0 Å². The van der Waals surface area contributed by atoms with Crippen LogP contribution in [0.25, 0.3) is 0 Å². The molecule has 2 aromatic rings. The van der Waals surface area contributed by atoms with Crippen molar-refractivity contribution in [2.75, 3.05) is 18.0 Å². The average Bonchev–Trinajstić information content (AvgIpc) is 2.73. The van der Waals surface area contributed by atoms with E-state index >= 15 is 0 Å². The smallest absolute Gasteiger partial charge is 0.225 e. The molecule has 0 saturated carbocycles. The lowest BCUT2D eigenvalue weighted by Crippen LogP contribution is -2.38. The fourth-order valence-electron chi connectivity index (χ4n) is 3.17. The molecule has 0 amide bonds. The molecule has 2 aliphatic heterocycles. The first kappa shape index (κ1) is 24.4. The molecule has 2 fully saturated rings. The monoisotopic (exact) mass is 546 g/mol. The molecular weight excluding hydrogens is 520 g/mol. The SMILES string of the molecule is C[C@H]1CCCCN1.C[C@H]1CCCCN1c1ncc(Br)cn1.Clc1ncc(Br)cn1. The zero-order valence-corrected chi connectivity index (χ0v) is 20.9. The number of hydrogen-bond donors (Lipinski definition) is 1. The molecule has 2 aromatic heterocycles. The third-order valence-corrected chi connectivity index (χ3v) is 5.83. The van der Waals surface area contributed by atoms with Gasteiger partial charge in [-0.25, -0.2) is 19.9 Å². The molecular formula is C20H29Br2ClN6. The summed E-state index contributed by atoms with van der Waals surface area (Å²) in [7, 11) is 0. The zero-order chi connectivity index (χ0) is 21.1. The van der Waals surface area contributed by atoms with E-state index in [1.807, 2.05) is 12.4 Å². The van der Waals surface area contributed by atoms with E-state index in [4.69, 9.17) is 11.6 Å². The predicted molar refractivity (Wildman–Crippen MR) is 126 cm³/mol. The van der Waals surface area contributed by atoms with Crippen LogP contribution in [0, 0.1) is 0 Å². The van der Waals surface area contributed by atoms with E-state index in [9.17, 15) is 0 Å². The number of halogens is 3. The van der Waals surface area contributed by atoms with Crippen LogP contribution >= 0.6 is 43.5 Å². The highest BCUT2D eigenvalue weighted by Gasteiger charge is 2.20. The summed E-state index contributed by atoms with van der Waals surface area (Å²) in [6, 6.07) is 1.36. The fraction of sp³-hybridized carbons (Fsp3) is 0.600.